The Bertz CT molecular complexity index is 1070. The summed E-state index contributed by atoms with van der Waals surface area (Å²) < 4.78 is 6.70. The number of amides is 1. The van der Waals surface area contributed by atoms with Gasteiger partial charge in [-0.05, 0) is 19.9 Å². The van der Waals surface area contributed by atoms with Crippen LogP contribution in [0.1, 0.15) is 24.6 Å². The van der Waals surface area contributed by atoms with Crippen molar-refractivity contribution in [3.8, 4) is 11.4 Å². The van der Waals surface area contributed by atoms with E-state index in [9.17, 15) is 9.59 Å². The zero-order valence-corrected chi connectivity index (χ0v) is 17.1. The van der Waals surface area contributed by atoms with Crippen LogP contribution >= 0.6 is 0 Å². The Hall–Kier alpha value is -3.33. The molecule has 9 nitrogen and oxygen atoms in total. The molecule has 1 aromatic carbocycles. The van der Waals surface area contributed by atoms with Gasteiger partial charge in [0.2, 0.25) is 17.6 Å². The van der Waals surface area contributed by atoms with E-state index in [1.807, 2.05) is 37.3 Å². The molecule has 1 aliphatic heterocycles. The lowest BCUT2D eigenvalue weighted by atomic mass is 10.2. The first-order chi connectivity index (χ1) is 14.5. The smallest absolute Gasteiger partial charge is 0.267 e. The van der Waals surface area contributed by atoms with Crippen molar-refractivity contribution in [2.75, 3.05) is 26.2 Å². The number of nitrogens with zero attached hydrogens (tertiary/aromatic N) is 6. The highest BCUT2D eigenvalue weighted by Gasteiger charge is 2.28. The zero-order chi connectivity index (χ0) is 21.1. The fourth-order valence-electron chi connectivity index (χ4n) is 3.52. The second kappa shape index (κ2) is 8.58. The highest BCUT2D eigenvalue weighted by Crippen LogP contribution is 2.23. The molecule has 1 amide bonds. The first kappa shape index (κ1) is 20.0. The molecule has 0 spiro atoms. The Kier molecular flexibility index (Phi) is 5.71. The molecule has 1 fully saturated rings. The quantitative estimate of drug-likeness (QED) is 0.631. The molecule has 156 valence electrons. The molecular weight excluding hydrogens is 384 g/mol. The predicted molar refractivity (Wildman–Crippen MR) is 110 cm³/mol. The molecule has 1 unspecified atom stereocenters. The lowest BCUT2D eigenvalue weighted by Gasteiger charge is -2.36. The van der Waals surface area contributed by atoms with Gasteiger partial charge in [-0.2, -0.15) is 10.1 Å². The summed E-state index contributed by atoms with van der Waals surface area (Å²) in [5.41, 5.74) is 1.34. The Labute approximate surface area is 173 Å². The number of hydrogen-bond acceptors (Lipinski definition) is 7. The first-order valence-corrected chi connectivity index (χ1v) is 9.97. The summed E-state index contributed by atoms with van der Waals surface area (Å²) in [4.78, 5) is 33.0. The Morgan fingerprint density at radius 1 is 1.10 bits per heavy atom. The summed E-state index contributed by atoms with van der Waals surface area (Å²) in [6.07, 6.45) is 0. The van der Waals surface area contributed by atoms with Crippen molar-refractivity contribution in [3.05, 3.63) is 64.4 Å². The number of aryl methyl sites for hydroxylation is 1. The average molecular weight is 408 g/mol. The van der Waals surface area contributed by atoms with Gasteiger partial charge in [-0.1, -0.05) is 35.5 Å². The number of piperazine rings is 1. The van der Waals surface area contributed by atoms with Crippen LogP contribution in [0.15, 0.2) is 51.8 Å². The van der Waals surface area contributed by atoms with E-state index in [0.29, 0.717) is 43.6 Å². The van der Waals surface area contributed by atoms with Crippen LogP contribution in [0.5, 0.6) is 0 Å². The Morgan fingerprint density at radius 3 is 2.57 bits per heavy atom. The summed E-state index contributed by atoms with van der Waals surface area (Å²) in [6.45, 7) is 6.29. The molecule has 4 rings (SSSR count). The fourth-order valence-corrected chi connectivity index (χ4v) is 3.52. The monoisotopic (exact) mass is 408 g/mol. The van der Waals surface area contributed by atoms with Crippen LogP contribution in [-0.2, 0) is 11.3 Å². The van der Waals surface area contributed by atoms with Gasteiger partial charge in [0.15, 0.2) is 0 Å². The molecule has 0 saturated carbocycles. The molecule has 0 radical (unpaired) electrons. The minimum atomic E-state index is -0.271. The van der Waals surface area contributed by atoms with E-state index in [-0.39, 0.29) is 24.1 Å². The third-order valence-corrected chi connectivity index (χ3v) is 5.33. The first-order valence-electron chi connectivity index (χ1n) is 9.97. The van der Waals surface area contributed by atoms with Gasteiger partial charge in [0, 0.05) is 37.8 Å². The molecule has 1 aliphatic rings. The van der Waals surface area contributed by atoms with Gasteiger partial charge >= 0.3 is 0 Å². The lowest BCUT2D eigenvalue weighted by molar-refractivity contribution is -0.134. The summed E-state index contributed by atoms with van der Waals surface area (Å²) in [6, 6.07) is 12.7. The number of aromatic nitrogens is 4. The van der Waals surface area contributed by atoms with Gasteiger partial charge in [-0.25, -0.2) is 4.68 Å². The van der Waals surface area contributed by atoms with E-state index < -0.39 is 0 Å². The van der Waals surface area contributed by atoms with Crippen molar-refractivity contribution in [2.45, 2.75) is 26.4 Å². The van der Waals surface area contributed by atoms with Crippen molar-refractivity contribution in [3.63, 3.8) is 0 Å². The summed E-state index contributed by atoms with van der Waals surface area (Å²) in [7, 11) is 0. The molecule has 3 heterocycles. The van der Waals surface area contributed by atoms with Gasteiger partial charge in [-0.15, -0.1) is 0 Å². The van der Waals surface area contributed by atoms with Crippen LogP contribution in [0.4, 0.5) is 0 Å². The Balaban J connectivity index is 1.35. The summed E-state index contributed by atoms with van der Waals surface area (Å²) in [5, 5.41) is 8.23. The maximum absolute atomic E-state index is 12.6. The third kappa shape index (κ3) is 4.30. The van der Waals surface area contributed by atoms with E-state index in [1.54, 1.807) is 17.9 Å². The molecule has 1 atom stereocenters. The highest BCUT2D eigenvalue weighted by molar-refractivity contribution is 5.76. The maximum atomic E-state index is 12.6. The van der Waals surface area contributed by atoms with Crippen molar-refractivity contribution >= 4 is 5.91 Å². The minimum absolute atomic E-state index is 0.0415. The number of hydrogen-bond donors (Lipinski definition) is 0. The molecule has 0 N–H and O–H groups in total. The molecule has 2 aromatic heterocycles. The van der Waals surface area contributed by atoms with Crippen LogP contribution in [0.25, 0.3) is 11.4 Å². The molecule has 3 aromatic rings. The zero-order valence-electron chi connectivity index (χ0n) is 17.1. The normalized spacial score (nSPS) is 15.9. The van der Waals surface area contributed by atoms with Crippen LogP contribution in [0, 0.1) is 6.92 Å². The van der Waals surface area contributed by atoms with E-state index in [1.165, 1.54) is 10.7 Å². The Morgan fingerprint density at radius 2 is 1.83 bits per heavy atom. The average Bonchev–Trinajstić information content (AvgIpc) is 3.27. The van der Waals surface area contributed by atoms with Crippen molar-refractivity contribution in [2.24, 2.45) is 0 Å². The van der Waals surface area contributed by atoms with Crippen LogP contribution in [0.2, 0.25) is 0 Å². The van der Waals surface area contributed by atoms with Crippen LogP contribution in [0.3, 0.4) is 0 Å². The summed E-state index contributed by atoms with van der Waals surface area (Å²) >= 11 is 0. The molecule has 0 bridgehead atoms. The standard InChI is InChI=1S/C21H24N6O3/c1-15-8-9-18(28)27(23-15)14-19(29)26-12-10-25(11-13-26)16(2)21-22-20(24-30-21)17-6-4-3-5-7-17/h3-9,16H,10-14H2,1-2H3. The van der Waals surface area contributed by atoms with Crippen LogP contribution in [-0.4, -0.2) is 61.8 Å². The van der Waals surface area contributed by atoms with Gasteiger partial charge < -0.3 is 9.42 Å². The third-order valence-electron chi connectivity index (χ3n) is 5.33. The highest BCUT2D eigenvalue weighted by atomic mass is 16.5. The number of benzene rings is 1. The maximum Gasteiger partial charge on any atom is 0.267 e. The number of carbonyl (C=O) groups is 1. The number of rotatable bonds is 5. The lowest BCUT2D eigenvalue weighted by Crippen LogP contribution is -2.50. The van der Waals surface area contributed by atoms with Gasteiger partial charge in [0.05, 0.1) is 11.7 Å². The van der Waals surface area contributed by atoms with Crippen molar-refractivity contribution in [1.29, 1.82) is 0 Å². The van der Waals surface area contributed by atoms with Gasteiger partial charge in [0.25, 0.3) is 5.56 Å². The molecule has 9 heteroatoms. The molecular formula is C21H24N6O3. The predicted octanol–water partition coefficient (Wildman–Crippen LogP) is 1.51. The van der Waals surface area contributed by atoms with Gasteiger partial charge in [0.1, 0.15) is 6.54 Å². The van der Waals surface area contributed by atoms with Crippen molar-refractivity contribution in [1.82, 2.24) is 29.7 Å². The second-order valence-electron chi connectivity index (χ2n) is 7.39. The molecule has 1 saturated heterocycles. The van der Waals surface area contributed by atoms with Gasteiger partial charge in [-0.3, -0.25) is 14.5 Å². The van der Waals surface area contributed by atoms with E-state index in [2.05, 4.69) is 20.1 Å². The molecule has 0 aliphatic carbocycles. The topological polar surface area (TPSA) is 97.4 Å². The van der Waals surface area contributed by atoms with E-state index in [0.717, 1.165) is 5.56 Å². The minimum Gasteiger partial charge on any atom is -0.339 e. The second-order valence-corrected chi connectivity index (χ2v) is 7.39. The largest absolute Gasteiger partial charge is 0.339 e. The van der Waals surface area contributed by atoms with E-state index >= 15 is 0 Å². The fraction of sp³-hybridized carbons (Fsp3) is 0.381. The summed E-state index contributed by atoms with van der Waals surface area (Å²) in [5.74, 6) is 1.03. The SMILES string of the molecule is Cc1ccc(=O)n(CC(=O)N2CCN(C(C)c3nc(-c4ccccc4)no3)CC2)n1. The van der Waals surface area contributed by atoms with E-state index in [4.69, 9.17) is 4.52 Å². The number of carbonyl (C=O) groups excluding carboxylic acids is 1. The van der Waals surface area contributed by atoms with Crippen molar-refractivity contribution < 1.29 is 9.32 Å². The van der Waals surface area contributed by atoms with Crippen LogP contribution < -0.4 is 5.56 Å². The molecule has 30 heavy (non-hydrogen) atoms.